The summed E-state index contributed by atoms with van der Waals surface area (Å²) in [6, 6.07) is 0. The first-order valence-electron chi connectivity index (χ1n) is 4.30. The van der Waals surface area contributed by atoms with Crippen molar-refractivity contribution in [2.75, 3.05) is 0 Å². The van der Waals surface area contributed by atoms with Gasteiger partial charge in [0.1, 0.15) is 0 Å². The minimum atomic E-state index is 0.527. The highest BCUT2D eigenvalue weighted by atomic mass is 14.6. The fourth-order valence-corrected chi connectivity index (χ4v) is 1.72. The molecule has 0 saturated heterocycles. The average Bonchev–Trinajstić information content (AvgIpc) is 2.12. The Labute approximate surface area is 73.0 Å². The van der Waals surface area contributed by atoms with Crippen molar-refractivity contribution in [2.24, 2.45) is 11.7 Å². The lowest BCUT2D eigenvalue weighted by atomic mass is 9.84. The van der Waals surface area contributed by atoms with E-state index in [1.807, 2.05) is 0 Å². The Morgan fingerprint density at radius 1 is 1.42 bits per heavy atom. The van der Waals surface area contributed by atoms with E-state index in [2.05, 4.69) is 37.3 Å². The Morgan fingerprint density at radius 2 is 2.25 bits per heavy atom. The predicted molar refractivity (Wildman–Crippen MR) is 51.4 cm³/mol. The lowest BCUT2D eigenvalue weighted by molar-refractivity contribution is 0.756. The molecule has 0 radical (unpaired) electrons. The summed E-state index contributed by atoms with van der Waals surface area (Å²) >= 11 is 0. The van der Waals surface area contributed by atoms with Crippen LogP contribution in [0.5, 0.6) is 0 Å². The average molecular weight is 159 g/mol. The number of fused-ring (bicyclic) bond motifs is 1. The molecule has 2 aliphatic rings. The Balaban J connectivity index is 2.45. The van der Waals surface area contributed by atoms with Crippen LogP contribution in [-0.2, 0) is 0 Å². The first kappa shape index (κ1) is 7.41. The molecule has 0 bridgehead atoms. The van der Waals surface area contributed by atoms with Gasteiger partial charge in [-0.15, -0.1) is 0 Å². The summed E-state index contributed by atoms with van der Waals surface area (Å²) in [7, 11) is 0. The highest BCUT2D eigenvalue weighted by Gasteiger charge is 2.17. The minimum absolute atomic E-state index is 0.527. The van der Waals surface area contributed by atoms with Gasteiger partial charge >= 0.3 is 0 Å². The summed E-state index contributed by atoms with van der Waals surface area (Å²) in [6.45, 7) is 2.07. The smallest absolute Gasteiger partial charge is 0.0379 e. The number of nitrogens with two attached hydrogens (primary N) is 1. The Hall–Kier alpha value is -1.24. The van der Waals surface area contributed by atoms with Gasteiger partial charge in [-0.25, -0.2) is 0 Å². The summed E-state index contributed by atoms with van der Waals surface area (Å²) in [4.78, 5) is 0. The maximum atomic E-state index is 5.96. The van der Waals surface area contributed by atoms with Gasteiger partial charge < -0.3 is 5.73 Å². The maximum Gasteiger partial charge on any atom is 0.0379 e. The highest BCUT2D eigenvalue weighted by molar-refractivity contribution is 5.46. The molecule has 0 aromatic carbocycles. The third-order valence-corrected chi connectivity index (χ3v) is 2.54. The minimum Gasteiger partial charge on any atom is -0.398 e. The topological polar surface area (TPSA) is 26.0 Å². The monoisotopic (exact) mass is 159 g/mol. The summed E-state index contributed by atoms with van der Waals surface area (Å²) in [5, 5.41) is 0. The zero-order chi connectivity index (χ0) is 8.55. The molecule has 1 nitrogen and oxygen atoms in total. The van der Waals surface area contributed by atoms with Crippen LogP contribution in [0.4, 0.5) is 0 Å². The van der Waals surface area contributed by atoms with Gasteiger partial charge in [0.15, 0.2) is 0 Å². The van der Waals surface area contributed by atoms with Crippen molar-refractivity contribution in [3.8, 4) is 0 Å². The zero-order valence-electron chi connectivity index (χ0n) is 7.25. The van der Waals surface area contributed by atoms with Gasteiger partial charge in [-0.2, -0.15) is 0 Å². The SMILES string of the molecule is CC1=CCC2C=CC=CC2=C1N. The van der Waals surface area contributed by atoms with Crippen LogP contribution in [-0.4, -0.2) is 0 Å². The molecule has 1 unspecified atom stereocenters. The number of allylic oxidation sites excluding steroid dienone is 7. The molecule has 1 atom stereocenters. The van der Waals surface area contributed by atoms with Crippen molar-refractivity contribution in [3.63, 3.8) is 0 Å². The van der Waals surface area contributed by atoms with Gasteiger partial charge in [0.2, 0.25) is 0 Å². The molecule has 2 N–H and O–H groups in total. The quantitative estimate of drug-likeness (QED) is 0.576. The van der Waals surface area contributed by atoms with Crippen LogP contribution in [0.3, 0.4) is 0 Å². The molecule has 12 heavy (non-hydrogen) atoms. The van der Waals surface area contributed by atoms with Crippen LogP contribution in [0.15, 0.2) is 47.2 Å². The van der Waals surface area contributed by atoms with E-state index in [-0.39, 0.29) is 0 Å². The van der Waals surface area contributed by atoms with E-state index in [1.165, 1.54) is 11.1 Å². The van der Waals surface area contributed by atoms with Crippen LogP contribution in [0.1, 0.15) is 13.3 Å². The third kappa shape index (κ3) is 1.02. The molecule has 0 aromatic rings. The third-order valence-electron chi connectivity index (χ3n) is 2.54. The van der Waals surface area contributed by atoms with E-state index >= 15 is 0 Å². The molecule has 2 rings (SSSR count). The van der Waals surface area contributed by atoms with Crippen LogP contribution in [0.25, 0.3) is 0 Å². The second-order valence-corrected chi connectivity index (χ2v) is 3.34. The molecule has 0 saturated carbocycles. The normalized spacial score (nSPS) is 27.1. The molecule has 0 heterocycles. The number of hydrogen-bond donors (Lipinski definition) is 1. The second-order valence-electron chi connectivity index (χ2n) is 3.34. The molecule has 0 amide bonds. The highest BCUT2D eigenvalue weighted by Crippen LogP contribution is 2.30. The van der Waals surface area contributed by atoms with Crippen molar-refractivity contribution in [2.45, 2.75) is 13.3 Å². The van der Waals surface area contributed by atoms with Crippen molar-refractivity contribution in [1.29, 1.82) is 0 Å². The van der Waals surface area contributed by atoms with Crippen molar-refractivity contribution < 1.29 is 0 Å². The fraction of sp³-hybridized carbons (Fsp3) is 0.273. The van der Waals surface area contributed by atoms with Gasteiger partial charge in [0.05, 0.1) is 0 Å². The summed E-state index contributed by atoms with van der Waals surface area (Å²) < 4.78 is 0. The molecule has 0 aromatic heterocycles. The molecule has 0 fully saturated rings. The summed E-state index contributed by atoms with van der Waals surface area (Å²) in [5.74, 6) is 0.527. The van der Waals surface area contributed by atoms with Gasteiger partial charge in [-0.3, -0.25) is 0 Å². The molecule has 0 aliphatic heterocycles. The van der Waals surface area contributed by atoms with Crippen LogP contribution < -0.4 is 5.73 Å². The summed E-state index contributed by atoms with van der Waals surface area (Å²) in [6.07, 6.45) is 11.8. The van der Waals surface area contributed by atoms with Gasteiger partial charge in [-0.05, 0) is 24.5 Å². The fourth-order valence-electron chi connectivity index (χ4n) is 1.72. The van der Waals surface area contributed by atoms with Crippen LogP contribution >= 0.6 is 0 Å². The standard InChI is InChI=1S/C11H13N/c1-8-6-7-9-4-2-3-5-10(9)11(8)12/h2-6,9H,7,12H2,1H3. The lowest BCUT2D eigenvalue weighted by Gasteiger charge is -2.23. The van der Waals surface area contributed by atoms with Crippen LogP contribution in [0.2, 0.25) is 0 Å². The van der Waals surface area contributed by atoms with E-state index in [1.54, 1.807) is 0 Å². The molecule has 2 aliphatic carbocycles. The molecule has 62 valence electrons. The Bertz CT molecular complexity index is 316. The van der Waals surface area contributed by atoms with Crippen molar-refractivity contribution in [3.05, 3.63) is 47.2 Å². The van der Waals surface area contributed by atoms with E-state index < -0.39 is 0 Å². The van der Waals surface area contributed by atoms with E-state index in [9.17, 15) is 0 Å². The first-order valence-corrected chi connectivity index (χ1v) is 4.30. The number of hydrogen-bond acceptors (Lipinski definition) is 1. The number of rotatable bonds is 0. The Kier molecular flexibility index (Phi) is 1.65. The van der Waals surface area contributed by atoms with E-state index in [4.69, 9.17) is 5.73 Å². The summed E-state index contributed by atoms with van der Waals surface area (Å²) in [5.41, 5.74) is 9.44. The maximum absolute atomic E-state index is 5.96. The Morgan fingerprint density at radius 3 is 3.08 bits per heavy atom. The van der Waals surface area contributed by atoms with Gasteiger partial charge in [0, 0.05) is 11.6 Å². The van der Waals surface area contributed by atoms with E-state index in [0.29, 0.717) is 5.92 Å². The van der Waals surface area contributed by atoms with Crippen molar-refractivity contribution >= 4 is 0 Å². The van der Waals surface area contributed by atoms with E-state index in [0.717, 1.165) is 12.1 Å². The van der Waals surface area contributed by atoms with Gasteiger partial charge in [-0.1, -0.05) is 30.4 Å². The largest absolute Gasteiger partial charge is 0.398 e. The van der Waals surface area contributed by atoms with Crippen molar-refractivity contribution in [1.82, 2.24) is 0 Å². The first-order chi connectivity index (χ1) is 5.79. The molecular weight excluding hydrogens is 146 g/mol. The lowest BCUT2D eigenvalue weighted by Crippen LogP contribution is -2.14. The zero-order valence-corrected chi connectivity index (χ0v) is 7.25. The molecular formula is C11H13N. The van der Waals surface area contributed by atoms with Crippen LogP contribution in [0, 0.1) is 5.92 Å². The molecule has 1 heteroatoms. The predicted octanol–water partition coefficient (Wildman–Crippen LogP) is 2.29. The second kappa shape index (κ2) is 2.67. The molecule has 0 spiro atoms. The van der Waals surface area contributed by atoms with Gasteiger partial charge in [0.25, 0.3) is 0 Å².